The molecule has 0 atom stereocenters. The molecule has 1 saturated carbocycles. The van der Waals surface area contributed by atoms with Gasteiger partial charge in [-0.15, -0.1) is 11.3 Å². The van der Waals surface area contributed by atoms with Crippen LogP contribution in [0.4, 0.5) is 5.00 Å². The minimum atomic E-state index is -0.152. The molecule has 2 heterocycles. The Labute approximate surface area is 126 Å². The number of rotatable bonds is 5. The Morgan fingerprint density at radius 2 is 2.24 bits per heavy atom. The lowest BCUT2D eigenvalue weighted by molar-refractivity contribution is -0.117. The summed E-state index contributed by atoms with van der Waals surface area (Å²) >= 11 is 1.30. The second-order valence-electron chi connectivity index (χ2n) is 5.15. The van der Waals surface area contributed by atoms with Crippen molar-refractivity contribution in [2.24, 2.45) is 5.92 Å². The molecule has 1 aliphatic rings. The van der Waals surface area contributed by atoms with Gasteiger partial charge in [0.25, 0.3) is 5.91 Å². The average Bonchev–Trinajstić information content (AvgIpc) is 3.06. The van der Waals surface area contributed by atoms with E-state index in [1.54, 1.807) is 12.3 Å². The molecule has 1 fully saturated rings. The first-order chi connectivity index (χ1) is 10.1. The van der Waals surface area contributed by atoms with Crippen LogP contribution in [0.25, 0.3) is 0 Å². The zero-order valence-corrected chi connectivity index (χ0v) is 12.5. The molecule has 5 nitrogen and oxygen atoms in total. The lowest BCUT2D eigenvalue weighted by Crippen LogP contribution is -2.22. The highest BCUT2D eigenvalue weighted by atomic mass is 32.1. The van der Waals surface area contributed by atoms with Gasteiger partial charge in [0, 0.05) is 5.92 Å². The predicted molar refractivity (Wildman–Crippen MR) is 80.3 cm³/mol. The molecular weight excluding hydrogens is 288 g/mol. The molecule has 110 valence electrons. The third-order valence-corrected chi connectivity index (χ3v) is 4.47. The fourth-order valence-electron chi connectivity index (χ4n) is 2.00. The lowest BCUT2D eigenvalue weighted by Gasteiger charge is -2.02. The largest absolute Gasteiger partial charge is 0.467 e. The minimum absolute atomic E-state index is 0.0544. The molecule has 0 aromatic carbocycles. The number of furan rings is 1. The Morgan fingerprint density at radius 3 is 2.90 bits per heavy atom. The number of hydrogen-bond donors (Lipinski definition) is 2. The van der Waals surface area contributed by atoms with Crippen LogP contribution in [0.2, 0.25) is 0 Å². The van der Waals surface area contributed by atoms with Crippen LogP contribution in [0.3, 0.4) is 0 Å². The zero-order chi connectivity index (χ0) is 14.8. The van der Waals surface area contributed by atoms with Crippen molar-refractivity contribution >= 4 is 28.2 Å². The minimum Gasteiger partial charge on any atom is -0.467 e. The Kier molecular flexibility index (Phi) is 3.79. The number of aryl methyl sites for hydroxylation is 1. The maximum absolute atomic E-state index is 12.2. The van der Waals surface area contributed by atoms with Crippen molar-refractivity contribution in [1.82, 2.24) is 5.32 Å². The SMILES string of the molecule is Cc1cc(NC(=O)C2CC2)sc1C(=O)NCc1ccco1. The number of amides is 2. The first-order valence-corrected chi connectivity index (χ1v) is 7.67. The summed E-state index contributed by atoms with van der Waals surface area (Å²) in [6, 6.07) is 5.43. The zero-order valence-electron chi connectivity index (χ0n) is 11.6. The molecular formula is C15H16N2O3S. The molecule has 0 bridgehead atoms. The van der Waals surface area contributed by atoms with Crippen molar-refractivity contribution < 1.29 is 14.0 Å². The van der Waals surface area contributed by atoms with E-state index in [1.165, 1.54) is 11.3 Å². The van der Waals surface area contributed by atoms with Crippen molar-refractivity contribution in [2.45, 2.75) is 26.3 Å². The van der Waals surface area contributed by atoms with Crippen LogP contribution in [0.5, 0.6) is 0 Å². The standard InChI is InChI=1S/C15H16N2O3S/c1-9-7-12(17-14(18)10-4-5-10)21-13(9)15(19)16-8-11-3-2-6-20-11/h2-3,6-7,10H,4-5,8H2,1H3,(H,16,19)(H,17,18). The molecule has 6 heteroatoms. The fourth-order valence-corrected chi connectivity index (χ4v) is 2.99. The second kappa shape index (κ2) is 5.73. The molecule has 2 aromatic rings. The first kappa shape index (κ1) is 13.9. The van der Waals surface area contributed by atoms with E-state index in [4.69, 9.17) is 4.42 Å². The number of thiophene rings is 1. The van der Waals surface area contributed by atoms with Gasteiger partial charge in [-0.05, 0) is 43.5 Å². The number of carbonyl (C=O) groups is 2. The highest BCUT2D eigenvalue weighted by Gasteiger charge is 2.30. The van der Waals surface area contributed by atoms with E-state index >= 15 is 0 Å². The van der Waals surface area contributed by atoms with Gasteiger partial charge in [0.2, 0.25) is 5.91 Å². The summed E-state index contributed by atoms with van der Waals surface area (Å²) in [5.41, 5.74) is 0.864. The summed E-state index contributed by atoms with van der Waals surface area (Å²) < 4.78 is 5.17. The third-order valence-electron chi connectivity index (χ3n) is 3.32. The first-order valence-electron chi connectivity index (χ1n) is 6.85. The van der Waals surface area contributed by atoms with Gasteiger partial charge in [0.05, 0.1) is 22.7 Å². The Hall–Kier alpha value is -2.08. The van der Waals surface area contributed by atoms with Crippen molar-refractivity contribution in [2.75, 3.05) is 5.32 Å². The molecule has 21 heavy (non-hydrogen) atoms. The molecule has 2 aromatic heterocycles. The van der Waals surface area contributed by atoms with E-state index in [-0.39, 0.29) is 17.7 Å². The molecule has 2 N–H and O–H groups in total. The number of nitrogens with one attached hydrogen (secondary N) is 2. The Bertz CT molecular complexity index is 657. The van der Waals surface area contributed by atoms with Crippen LogP contribution in [0.1, 0.15) is 33.8 Å². The molecule has 0 saturated heterocycles. The van der Waals surface area contributed by atoms with E-state index in [9.17, 15) is 9.59 Å². The van der Waals surface area contributed by atoms with Crippen molar-refractivity contribution in [3.8, 4) is 0 Å². The van der Waals surface area contributed by atoms with E-state index < -0.39 is 0 Å². The molecule has 0 aliphatic heterocycles. The van der Waals surface area contributed by atoms with Gasteiger partial charge in [-0.1, -0.05) is 0 Å². The quantitative estimate of drug-likeness (QED) is 0.892. The van der Waals surface area contributed by atoms with Gasteiger partial charge < -0.3 is 15.1 Å². The number of carbonyl (C=O) groups excluding carboxylic acids is 2. The second-order valence-corrected chi connectivity index (χ2v) is 6.20. The summed E-state index contributed by atoms with van der Waals surface area (Å²) in [7, 11) is 0. The molecule has 3 rings (SSSR count). The number of anilines is 1. The normalized spacial score (nSPS) is 14.0. The Morgan fingerprint density at radius 1 is 1.43 bits per heavy atom. The van der Waals surface area contributed by atoms with Crippen LogP contribution < -0.4 is 10.6 Å². The van der Waals surface area contributed by atoms with E-state index in [2.05, 4.69) is 10.6 Å². The predicted octanol–water partition coefficient (Wildman–Crippen LogP) is 2.93. The summed E-state index contributed by atoms with van der Waals surface area (Å²) in [4.78, 5) is 24.5. The van der Waals surface area contributed by atoms with Gasteiger partial charge in [-0.25, -0.2) is 0 Å². The highest BCUT2D eigenvalue weighted by Crippen LogP contribution is 2.32. The van der Waals surface area contributed by atoms with Crippen LogP contribution in [-0.2, 0) is 11.3 Å². The monoisotopic (exact) mass is 304 g/mol. The molecule has 1 aliphatic carbocycles. The fraction of sp³-hybridized carbons (Fsp3) is 0.333. The highest BCUT2D eigenvalue weighted by molar-refractivity contribution is 7.18. The van der Waals surface area contributed by atoms with Gasteiger partial charge in [-0.3, -0.25) is 9.59 Å². The van der Waals surface area contributed by atoms with E-state index in [1.807, 2.05) is 19.1 Å². The molecule has 0 spiro atoms. The third kappa shape index (κ3) is 3.33. The topological polar surface area (TPSA) is 71.3 Å². The van der Waals surface area contributed by atoms with Crippen molar-refractivity contribution in [3.05, 3.63) is 40.7 Å². The van der Waals surface area contributed by atoms with Crippen LogP contribution in [0.15, 0.2) is 28.9 Å². The molecule has 0 radical (unpaired) electrons. The van der Waals surface area contributed by atoms with Gasteiger partial charge >= 0.3 is 0 Å². The maximum Gasteiger partial charge on any atom is 0.262 e. The maximum atomic E-state index is 12.2. The van der Waals surface area contributed by atoms with E-state index in [0.29, 0.717) is 17.2 Å². The van der Waals surface area contributed by atoms with Gasteiger partial charge in [0.15, 0.2) is 0 Å². The smallest absolute Gasteiger partial charge is 0.262 e. The molecule has 0 unspecified atom stereocenters. The van der Waals surface area contributed by atoms with Crippen LogP contribution in [0, 0.1) is 12.8 Å². The summed E-state index contributed by atoms with van der Waals surface area (Å²) in [5, 5.41) is 6.41. The summed E-state index contributed by atoms with van der Waals surface area (Å²) in [6.45, 7) is 2.22. The van der Waals surface area contributed by atoms with Gasteiger partial charge in [-0.2, -0.15) is 0 Å². The number of hydrogen-bond acceptors (Lipinski definition) is 4. The van der Waals surface area contributed by atoms with Crippen LogP contribution >= 0.6 is 11.3 Å². The lowest BCUT2D eigenvalue weighted by atomic mass is 10.2. The molecule has 2 amide bonds. The average molecular weight is 304 g/mol. The van der Waals surface area contributed by atoms with Crippen LogP contribution in [-0.4, -0.2) is 11.8 Å². The van der Waals surface area contributed by atoms with E-state index in [0.717, 1.165) is 23.4 Å². The Balaban J connectivity index is 1.62. The van der Waals surface area contributed by atoms with Gasteiger partial charge in [0.1, 0.15) is 5.76 Å². The summed E-state index contributed by atoms with van der Waals surface area (Å²) in [5.74, 6) is 0.767. The summed E-state index contributed by atoms with van der Waals surface area (Å²) in [6.07, 6.45) is 3.50. The van der Waals surface area contributed by atoms with Crippen molar-refractivity contribution in [3.63, 3.8) is 0 Å². The van der Waals surface area contributed by atoms with Crippen molar-refractivity contribution in [1.29, 1.82) is 0 Å².